The smallest absolute Gasteiger partial charge is 0.150 e. The molecule has 0 spiro atoms. The SMILES string of the molecule is Nc1ncnc2c1c(Cl)c(Cl)n2[C@@H]1C[C@H](O)[C@@H](CO)O1. The average molecular weight is 319 g/mol. The molecule has 0 aliphatic carbocycles. The van der Waals surface area contributed by atoms with Crippen molar-refractivity contribution >= 4 is 40.1 Å². The molecule has 0 bridgehead atoms. The first-order valence-electron chi connectivity index (χ1n) is 5.94. The van der Waals surface area contributed by atoms with Crippen LogP contribution in [0.15, 0.2) is 6.33 Å². The molecule has 0 unspecified atom stereocenters. The van der Waals surface area contributed by atoms with E-state index >= 15 is 0 Å². The number of aromatic nitrogens is 3. The number of aliphatic hydroxyl groups excluding tert-OH is 2. The molecule has 1 aliphatic heterocycles. The third-order valence-corrected chi connectivity index (χ3v) is 4.20. The summed E-state index contributed by atoms with van der Waals surface area (Å²) in [6.45, 7) is -0.278. The fourth-order valence-corrected chi connectivity index (χ4v) is 2.94. The number of anilines is 1. The standard InChI is InChI=1S/C11H12Cl2N4O3/c12-8-7-10(14)15-3-16-11(7)17(9(8)13)6-1-4(19)5(2-18)20-6/h3-6,18-19H,1-2H2,(H2,14,15,16)/t4-,5+,6-/m0/s1. The minimum Gasteiger partial charge on any atom is -0.394 e. The molecule has 3 heterocycles. The fourth-order valence-electron chi connectivity index (χ4n) is 2.38. The van der Waals surface area contributed by atoms with Crippen molar-refractivity contribution in [1.82, 2.24) is 14.5 Å². The number of hydrogen-bond donors (Lipinski definition) is 3. The zero-order valence-corrected chi connectivity index (χ0v) is 11.7. The summed E-state index contributed by atoms with van der Waals surface area (Å²) in [6.07, 6.45) is -0.438. The highest BCUT2D eigenvalue weighted by Crippen LogP contribution is 2.41. The summed E-state index contributed by atoms with van der Waals surface area (Å²) in [5.41, 5.74) is 6.21. The van der Waals surface area contributed by atoms with Crippen molar-refractivity contribution in [3.8, 4) is 0 Å². The second-order valence-electron chi connectivity index (χ2n) is 4.55. The monoisotopic (exact) mass is 318 g/mol. The molecule has 1 saturated heterocycles. The van der Waals surface area contributed by atoms with E-state index in [-0.39, 0.29) is 29.0 Å². The van der Waals surface area contributed by atoms with Crippen molar-refractivity contribution in [3.63, 3.8) is 0 Å². The van der Waals surface area contributed by atoms with Crippen LogP contribution in [0.4, 0.5) is 5.82 Å². The molecule has 7 nitrogen and oxygen atoms in total. The van der Waals surface area contributed by atoms with Gasteiger partial charge in [-0.15, -0.1) is 0 Å². The molecule has 108 valence electrons. The second-order valence-corrected chi connectivity index (χ2v) is 5.28. The van der Waals surface area contributed by atoms with E-state index in [1.807, 2.05) is 0 Å². The molecule has 2 aromatic rings. The van der Waals surface area contributed by atoms with Gasteiger partial charge < -0.3 is 20.7 Å². The Hall–Kier alpha value is -1.12. The number of rotatable bonds is 2. The lowest BCUT2D eigenvalue weighted by molar-refractivity contribution is -0.0429. The Morgan fingerprint density at radius 2 is 2.20 bits per heavy atom. The number of fused-ring (bicyclic) bond motifs is 1. The Morgan fingerprint density at radius 1 is 1.45 bits per heavy atom. The predicted octanol–water partition coefficient (Wildman–Crippen LogP) is 0.961. The van der Waals surface area contributed by atoms with E-state index in [0.717, 1.165) is 0 Å². The summed E-state index contributed by atoms with van der Waals surface area (Å²) in [6, 6.07) is 0. The van der Waals surface area contributed by atoms with Gasteiger partial charge in [-0.3, -0.25) is 4.57 Å². The van der Waals surface area contributed by atoms with Gasteiger partial charge >= 0.3 is 0 Å². The number of aliphatic hydroxyl groups is 2. The predicted molar refractivity (Wildman–Crippen MR) is 73.6 cm³/mol. The first kappa shape index (κ1) is 13.8. The molecule has 20 heavy (non-hydrogen) atoms. The topological polar surface area (TPSA) is 106 Å². The number of nitrogens with zero attached hydrogens (tertiary/aromatic N) is 3. The minimum atomic E-state index is -0.781. The van der Waals surface area contributed by atoms with Crippen LogP contribution in [0.25, 0.3) is 11.0 Å². The third kappa shape index (κ3) is 1.94. The maximum Gasteiger partial charge on any atom is 0.150 e. The van der Waals surface area contributed by atoms with Gasteiger partial charge in [0.1, 0.15) is 35.3 Å². The first-order valence-corrected chi connectivity index (χ1v) is 6.70. The molecular formula is C11H12Cl2N4O3. The molecule has 1 fully saturated rings. The molecule has 0 radical (unpaired) electrons. The van der Waals surface area contributed by atoms with E-state index < -0.39 is 18.4 Å². The Labute approximate surface area is 123 Å². The highest BCUT2D eigenvalue weighted by atomic mass is 35.5. The van der Waals surface area contributed by atoms with Crippen molar-refractivity contribution in [2.45, 2.75) is 24.9 Å². The summed E-state index contributed by atoms with van der Waals surface area (Å²) in [4.78, 5) is 8.00. The minimum absolute atomic E-state index is 0.213. The Kier molecular flexibility index (Phi) is 3.47. The van der Waals surface area contributed by atoms with Gasteiger partial charge in [-0.05, 0) is 0 Å². The number of halogens is 2. The van der Waals surface area contributed by atoms with Crippen LogP contribution in [-0.2, 0) is 4.74 Å². The largest absolute Gasteiger partial charge is 0.394 e. The van der Waals surface area contributed by atoms with Crippen molar-refractivity contribution < 1.29 is 14.9 Å². The maximum absolute atomic E-state index is 9.81. The summed E-state index contributed by atoms with van der Waals surface area (Å²) < 4.78 is 7.12. The molecule has 2 aromatic heterocycles. The molecular weight excluding hydrogens is 307 g/mol. The van der Waals surface area contributed by atoms with E-state index in [4.69, 9.17) is 38.8 Å². The van der Waals surface area contributed by atoms with Gasteiger partial charge in [-0.2, -0.15) is 0 Å². The number of nitrogen functional groups attached to an aromatic ring is 1. The molecule has 0 saturated carbocycles. The zero-order valence-electron chi connectivity index (χ0n) is 10.2. The van der Waals surface area contributed by atoms with Gasteiger partial charge in [0, 0.05) is 6.42 Å². The average Bonchev–Trinajstić information content (AvgIpc) is 2.90. The highest BCUT2D eigenvalue weighted by Gasteiger charge is 2.37. The lowest BCUT2D eigenvalue weighted by Crippen LogP contribution is -2.24. The van der Waals surface area contributed by atoms with Gasteiger partial charge in [0.25, 0.3) is 0 Å². The lowest BCUT2D eigenvalue weighted by atomic mass is 10.2. The molecule has 3 atom stereocenters. The molecule has 0 amide bonds. The molecule has 9 heteroatoms. The van der Waals surface area contributed by atoms with Crippen molar-refractivity contribution in [1.29, 1.82) is 0 Å². The Morgan fingerprint density at radius 3 is 2.85 bits per heavy atom. The third-order valence-electron chi connectivity index (χ3n) is 3.37. The highest BCUT2D eigenvalue weighted by molar-refractivity contribution is 6.45. The fraction of sp³-hybridized carbons (Fsp3) is 0.455. The van der Waals surface area contributed by atoms with Crippen molar-refractivity contribution in [3.05, 3.63) is 16.5 Å². The zero-order chi connectivity index (χ0) is 14.4. The van der Waals surface area contributed by atoms with Gasteiger partial charge in [0.15, 0.2) is 0 Å². The summed E-state index contributed by atoms with van der Waals surface area (Å²) >= 11 is 12.4. The van der Waals surface area contributed by atoms with E-state index in [2.05, 4.69) is 9.97 Å². The number of hydrogen-bond acceptors (Lipinski definition) is 6. The summed E-state index contributed by atoms with van der Waals surface area (Å²) in [5.74, 6) is 0.220. The van der Waals surface area contributed by atoms with Crippen LogP contribution in [-0.4, -0.2) is 43.6 Å². The molecule has 0 aromatic carbocycles. The Bertz CT molecular complexity index is 663. The van der Waals surface area contributed by atoms with Gasteiger partial charge in [-0.25, -0.2) is 9.97 Å². The van der Waals surface area contributed by atoms with E-state index in [0.29, 0.717) is 11.0 Å². The van der Waals surface area contributed by atoms with E-state index in [9.17, 15) is 5.11 Å². The van der Waals surface area contributed by atoms with Crippen molar-refractivity contribution in [2.75, 3.05) is 12.3 Å². The van der Waals surface area contributed by atoms with Crippen LogP contribution in [0.3, 0.4) is 0 Å². The molecule has 1 aliphatic rings. The maximum atomic E-state index is 9.81. The number of nitrogens with two attached hydrogens (primary N) is 1. The van der Waals surface area contributed by atoms with E-state index in [1.54, 1.807) is 4.57 Å². The van der Waals surface area contributed by atoms with Crippen LogP contribution >= 0.6 is 23.2 Å². The van der Waals surface area contributed by atoms with Crippen LogP contribution in [0, 0.1) is 0 Å². The summed E-state index contributed by atoms with van der Waals surface area (Å²) in [7, 11) is 0. The Balaban J connectivity index is 2.13. The van der Waals surface area contributed by atoms with Crippen LogP contribution < -0.4 is 5.73 Å². The molecule has 3 rings (SSSR count). The van der Waals surface area contributed by atoms with Crippen LogP contribution in [0.1, 0.15) is 12.6 Å². The first-order chi connectivity index (χ1) is 9.54. The van der Waals surface area contributed by atoms with E-state index in [1.165, 1.54) is 6.33 Å². The van der Waals surface area contributed by atoms with Crippen molar-refractivity contribution in [2.24, 2.45) is 0 Å². The van der Waals surface area contributed by atoms with Crippen LogP contribution in [0.2, 0.25) is 10.2 Å². The van der Waals surface area contributed by atoms with Gasteiger partial charge in [-0.1, -0.05) is 23.2 Å². The normalized spacial score (nSPS) is 26.5. The second kappa shape index (κ2) is 5.01. The van der Waals surface area contributed by atoms with Gasteiger partial charge in [0.2, 0.25) is 0 Å². The lowest BCUT2D eigenvalue weighted by Gasteiger charge is -2.15. The quantitative estimate of drug-likeness (QED) is 0.761. The van der Waals surface area contributed by atoms with Gasteiger partial charge in [0.05, 0.1) is 23.1 Å². The number of ether oxygens (including phenoxy) is 1. The molecule has 4 N–H and O–H groups in total. The summed E-state index contributed by atoms with van der Waals surface area (Å²) in [5, 5.41) is 19.8. The van der Waals surface area contributed by atoms with Crippen LogP contribution in [0.5, 0.6) is 0 Å².